The highest BCUT2D eigenvalue weighted by molar-refractivity contribution is 14.1. The van der Waals surface area contributed by atoms with Crippen LogP contribution in [0.5, 0.6) is 0 Å². The molecule has 0 aromatic heterocycles. The van der Waals surface area contributed by atoms with Crippen molar-refractivity contribution in [2.45, 2.75) is 50.7 Å². The number of anilines is 1. The molecule has 0 saturated heterocycles. The zero-order valence-corrected chi connectivity index (χ0v) is 25.2. The summed E-state index contributed by atoms with van der Waals surface area (Å²) in [6, 6.07) is 21.0. The number of hydrogen-bond acceptors (Lipinski definition) is 4. The highest BCUT2D eigenvalue weighted by Gasteiger charge is 2.33. The molecule has 3 aromatic carbocycles. The number of carbonyl (C=O) groups is 2. The molecule has 38 heavy (non-hydrogen) atoms. The average Bonchev–Trinajstić information content (AvgIpc) is 2.89. The Hall–Kier alpha value is -2.63. The van der Waals surface area contributed by atoms with Crippen LogP contribution in [0.3, 0.4) is 0 Å². The number of nitrogens with one attached hydrogen (secondary N) is 1. The molecule has 0 saturated carbocycles. The Morgan fingerprint density at radius 1 is 0.947 bits per heavy atom. The number of benzene rings is 3. The number of amides is 2. The second kappa shape index (κ2) is 13.4. The largest absolute Gasteiger partial charge is 0.352 e. The Morgan fingerprint density at radius 3 is 2.11 bits per heavy atom. The fraction of sp³-hybridized carbons (Fsp3) is 0.286. The molecule has 0 fully saturated rings. The highest BCUT2D eigenvalue weighted by Crippen LogP contribution is 2.25. The molecular formula is C28H31ClIN3O4S. The number of hydrogen-bond donors (Lipinski definition) is 1. The lowest BCUT2D eigenvalue weighted by atomic mass is 10.1. The number of sulfonamides is 1. The quantitative estimate of drug-likeness (QED) is 0.275. The van der Waals surface area contributed by atoms with E-state index in [-0.39, 0.29) is 23.4 Å². The molecule has 0 bridgehead atoms. The molecule has 1 N–H and O–H groups in total. The van der Waals surface area contributed by atoms with Gasteiger partial charge in [0, 0.05) is 21.2 Å². The third-order valence-electron chi connectivity index (χ3n) is 5.81. The van der Waals surface area contributed by atoms with Crippen LogP contribution in [0.2, 0.25) is 5.02 Å². The number of halogens is 2. The van der Waals surface area contributed by atoms with Crippen LogP contribution < -0.4 is 9.62 Å². The number of carbonyl (C=O) groups excluding carboxylic acids is 2. The summed E-state index contributed by atoms with van der Waals surface area (Å²) in [6.45, 7) is 5.16. The summed E-state index contributed by atoms with van der Waals surface area (Å²) in [5, 5.41) is 3.44. The van der Waals surface area contributed by atoms with Crippen molar-refractivity contribution in [2.24, 2.45) is 0 Å². The molecular weight excluding hydrogens is 637 g/mol. The molecule has 1 unspecified atom stereocenters. The van der Waals surface area contributed by atoms with Gasteiger partial charge >= 0.3 is 0 Å². The predicted octanol–water partition coefficient (Wildman–Crippen LogP) is 5.47. The van der Waals surface area contributed by atoms with Gasteiger partial charge in [-0.1, -0.05) is 48.9 Å². The van der Waals surface area contributed by atoms with Gasteiger partial charge in [-0.25, -0.2) is 8.42 Å². The van der Waals surface area contributed by atoms with Crippen molar-refractivity contribution in [2.75, 3.05) is 10.8 Å². The first-order valence-corrected chi connectivity index (χ1v) is 15.1. The normalized spacial score (nSPS) is 12.2. The summed E-state index contributed by atoms with van der Waals surface area (Å²) in [5.74, 6) is -0.791. The molecule has 202 valence electrons. The molecule has 0 aliphatic carbocycles. The fourth-order valence-electron chi connectivity index (χ4n) is 3.94. The predicted molar refractivity (Wildman–Crippen MR) is 159 cm³/mol. The second-order valence-electron chi connectivity index (χ2n) is 9.04. The van der Waals surface area contributed by atoms with Gasteiger partial charge in [0.1, 0.15) is 12.6 Å². The van der Waals surface area contributed by atoms with Crippen molar-refractivity contribution in [1.82, 2.24) is 10.2 Å². The van der Waals surface area contributed by atoms with Crippen LogP contribution in [0.4, 0.5) is 5.69 Å². The van der Waals surface area contributed by atoms with Gasteiger partial charge in [0.05, 0.1) is 10.6 Å². The highest BCUT2D eigenvalue weighted by atomic mass is 127. The molecule has 7 nitrogen and oxygen atoms in total. The molecule has 10 heteroatoms. The zero-order valence-electron chi connectivity index (χ0n) is 21.5. The minimum atomic E-state index is -4.08. The van der Waals surface area contributed by atoms with E-state index >= 15 is 0 Å². The van der Waals surface area contributed by atoms with Gasteiger partial charge in [-0.3, -0.25) is 13.9 Å². The van der Waals surface area contributed by atoms with Gasteiger partial charge in [0.25, 0.3) is 10.0 Å². The maximum Gasteiger partial charge on any atom is 0.264 e. The summed E-state index contributed by atoms with van der Waals surface area (Å²) in [6.07, 6.45) is 0.354. The van der Waals surface area contributed by atoms with Crippen molar-refractivity contribution in [3.8, 4) is 0 Å². The van der Waals surface area contributed by atoms with E-state index in [2.05, 4.69) is 27.9 Å². The van der Waals surface area contributed by atoms with E-state index in [0.29, 0.717) is 17.1 Å². The van der Waals surface area contributed by atoms with Crippen molar-refractivity contribution < 1.29 is 18.0 Å². The SMILES string of the molecule is CCC(C(=O)NC(C)C)N(Cc1ccc(Cl)cc1)C(=O)CN(c1ccc(I)cc1)S(=O)(=O)c1ccccc1. The van der Waals surface area contributed by atoms with E-state index < -0.39 is 28.5 Å². The van der Waals surface area contributed by atoms with Crippen LogP contribution in [0.15, 0.2) is 83.8 Å². The molecule has 0 heterocycles. The molecule has 0 radical (unpaired) electrons. The van der Waals surface area contributed by atoms with E-state index in [1.54, 1.807) is 66.7 Å². The van der Waals surface area contributed by atoms with E-state index in [0.717, 1.165) is 13.4 Å². The Bertz CT molecular complexity index is 1330. The lowest BCUT2D eigenvalue weighted by Crippen LogP contribution is -2.53. The van der Waals surface area contributed by atoms with E-state index in [4.69, 9.17) is 11.6 Å². The topological polar surface area (TPSA) is 86.8 Å². The van der Waals surface area contributed by atoms with Crippen LogP contribution in [0.1, 0.15) is 32.8 Å². The molecule has 1 atom stereocenters. The Labute approximate surface area is 243 Å². The first-order valence-electron chi connectivity index (χ1n) is 12.2. The molecule has 3 aromatic rings. The van der Waals surface area contributed by atoms with Crippen molar-refractivity contribution in [3.63, 3.8) is 0 Å². The summed E-state index contributed by atoms with van der Waals surface area (Å²) in [4.78, 5) is 28.6. The summed E-state index contributed by atoms with van der Waals surface area (Å²) in [7, 11) is -4.08. The van der Waals surface area contributed by atoms with E-state index in [1.807, 2.05) is 20.8 Å². The molecule has 0 aliphatic rings. The fourth-order valence-corrected chi connectivity index (χ4v) is 5.86. The summed E-state index contributed by atoms with van der Waals surface area (Å²) < 4.78 is 29.5. The molecule has 3 rings (SSSR count). The molecule has 0 spiro atoms. The van der Waals surface area contributed by atoms with Crippen LogP contribution in [-0.4, -0.2) is 43.8 Å². The zero-order chi connectivity index (χ0) is 27.9. The van der Waals surface area contributed by atoms with Crippen LogP contribution in [-0.2, 0) is 26.2 Å². The average molecular weight is 668 g/mol. The van der Waals surface area contributed by atoms with Crippen molar-refractivity contribution >= 4 is 61.7 Å². The first kappa shape index (κ1) is 29.9. The molecule has 2 amide bonds. The van der Waals surface area contributed by atoms with Gasteiger partial charge < -0.3 is 10.2 Å². The smallest absolute Gasteiger partial charge is 0.264 e. The Morgan fingerprint density at radius 2 is 1.55 bits per heavy atom. The lowest BCUT2D eigenvalue weighted by molar-refractivity contribution is -0.140. The maximum absolute atomic E-state index is 13.9. The first-order chi connectivity index (χ1) is 18.0. The van der Waals surface area contributed by atoms with Crippen LogP contribution >= 0.6 is 34.2 Å². The van der Waals surface area contributed by atoms with Crippen molar-refractivity contribution in [1.29, 1.82) is 0 Å². The monoisotopic (exact) mass is 667 g/mol. The Balaban J connectivity index is 2.04. The summed E-state index contributed by atoms with van der Waals surface area (Å²) in [5.41, 5.74) is 1.12. The van der Waals surface area contributed by atoms with Gasteiger partial charge in [0.2, 0.25) is 11.8 Å². The second-order valence-corrected chi connectivity index (χ2v) is 12.6. The van der Waals surface area contributed by atoms with Gasteiger partial charge in [-0.15, -0.1) is 0 Å². The molecule has 0 aliphatic heterocycles. The number of nitrogens with zero attached hydrogens (tertiary/aromatic N) is 2. The maximum atomic E-state index is 13.9. The third-order valence-corrected chi connectivity index (χ3v) is 8.57. The Kier molecular flexibility index (Phi) is 10.6. The standard InChI is InChI=1S/C28H31ClIN3O4S/c1-4-26(28(35)31-20(2)3)32(18-21-10-12-22(29)13-11-21)27(34)19-33(24-16-14-23(30)15-17-24)38(36,37)25-8-6-5-7-9-25/h5-17,20,26H,4,18-19H2,1-3H3,(H,31,35). The minimum Gasteiger partial charge on any atom is -0.352 e. The number of rotatable bonds is 11. The summed E-state index contributed by atoms with van der Waals surface area (Å²) >= 11 is 8.18. The lowest BCUT2D eigenvalue weighted by Gasteiger charge is -2.33. The van der Waals surface area contributed by atoms with Crippen molar-refractivity contribution in [3.05, 3.63) is 93.0 Å². The van der Waals surface area contributed by atoms with Gasteiger partial charge in [-0.2, -0.15) is 0 Å². The van der Waals surface area contributed by atoms with E-state index in [1.165, 1.54) is 17.0 Å². The van der Waals surface area contributed by atoms with Crippen LogP contribution in [0, 0.1) is 3.57 Å². The third kappa shape index (κ3) is 7.70. The van der Waals surface area contributed by atoms with Gasteiger partial charge in [0.15, 0.2) is 0 Å². The van der Waals surface area contributed by atoms with Gasteiger partial charge in [-0.05, 0) is 97.0 Å². The minimum absolute atomic E-state index is 0.0696. The van der Waals surface area contributed by atoms with Crippen LogP contribution in [0.25, 0.3) is 0 Å². The van der Waals surface area contributed by atoms with E-state index in [9.17, 15) is 18.0 Å².